The van der Waals surface area contributed by atoms with Crippen LogP contribution < -0.4 is 0 Å². The van der Waals surface area contributed by atoms with E-state index in [1.165, 1.54) is 3.57 Å². The van der Waals surface area contributed by atoms with Crippen molar-refractivity contribution in [2.45, 2.75) is 0 Å². The van der Waals surface area contributed by atoms with Crippen molar-refractivity contribution < 1.29 is 0 Å². The Morgan fingerprint density at radius 3 is 2.79 bits per heavy atom. The highest BCUT2D eigenvalue weighted by molar-refractivity contribution is 14.1. The highest BCUT2D eigenvalue weighted by atomic mass is 127. The van der Waals surface area contributed by atoms with Gasteiger partial charge in [0.1, 0.15) is 0 Å². The van der Waals surface area contributed by atoms with Crippen LogP contribution in [0.2, 0.25) is 0 Å². The molecular weight excluding hydrogens is 375 g/mol. The lowest BCUT2D eigenvalue weighted by Crippen LogP contribution is -1.92. The van der Waals surface area contributed by atoms with Gasteiger partial charge in [-0.3, -0.25) is 4.57 Å². The minimum atomic E-state index is 0.711. The number of hydrogen-bond acceptors (Lipinski definition) is 1. The van der Waals surface area contributed by atoms with Crippen LogP contribution in [0.3, 0.4) is 0 Å². The number of aromatic amines is 1. The van der Waals surface area contributed by atoms with E-state index in [1.807, 2.05) is 29.1 Å². The lowest BCUT2D eigenvalue weighted by Gasteiger charge is -2.03. The molecule has 0 saturated carbocycles. The summed E-state index contributed by atoms with van der Waals surface area (Å²) in [6, 6.07) is 6.12. The van der Waals surface area contributed by atoms with Crippen LogP contribution in [0.15, 0.2) is 35.1 Å². The smallest absolute Gasteiger partial charge is 0.181 e. The highest BCUT2D eigenvalue weighted by Gasteiger charge is 2.00. The van der Waals surface area contributed by atoms with Crippen LogP contribution in [0, 0.1) is 8.34 Å². The van der Waals surface area contributed by atoms with Crippen molar-refractivity contribution in [3.63, 3.8) is 0 Å². The molecule has 0 unspecified atom stereocenters. The molecule has 0 radical (unpaired) electrons. The SMILES string of the molecule is S=c1[nH]ccn1-c1ccc(Br)c(I)c1. The first kappa shape index (κ1) is 10.4. The molecule has 2 nitrogen and oxygen atoms in total. The zero-order chi connectivity index (χ0) is 10.1. The van der Waals surface area contributed by atoms with Gasteiger partial charge in [-0.1, -0.05) is 0 Å². The van der Waals surface area contributed by atoms with Crippen molar-refractivity contribution in [3.8, 4) is 5.69 Å². The minimum Gasteiger partial charge on any atom is -0.337 e. The number of nitrogens with one attached hydrogen (secondary N) is 1. The molecule has 0 aliphatic heterocycles. The summed E-state index contributed by atoms with van der Waals surface area (Å²) < 4.78 is 4.92. The molecule has 1 N–H and O–H groups in total. The number of nitrogens with zero attached hydrogens (tertiary/aromatic N) is 1. The lowest BCUT2D eigenvalue weighted by atomic mass is 10.3. The van der Waals surface area contributed by atoms with E-state index in [1.54, 1.807) is 0 Å². The van der Waals surface area contributed by atoms with E-state index in [9.17, 15) is 0 Å². The molecule has 0 atom stereocenters. The molecule has 0 saturated heterocycles. The summed E-state index contributed by atoms with van der Waals surface area (Å²) in [4.78, 5) is 2.96. The molecule has 2 rings (SSSR count). The summed E-state index contributed by atoms with van der Waals surface area (Å²) in [5, 5.41) is 0. The van der Waals surface area contributed by atoms with Crippen LogP contribution in [0.25, 0.3) is 5.69 Å². The van der Waals surface area contributed by atoms with Crippen LogP contribution in [0.5, 0.6) is 0 Å². The van der Waals surface area contributed by atoms with E-state index >= 15 is 0 Å². The largest absolute Gasteiger partial charge is 0.337 e. The molecule has 72 valence electrons. The summed E-state index contributed by atoms with van der Waals surface area (Å²) in [5.74, 6) is 0. The van der Waals surface area contributed by atoms with Gasteiger partial charge in [-0.2, -0.15) is 0 Å². The maximum atomic E-state index is 5.14. The van der Waals surface area contributed by atoms with Crippen LogP contribution >= 0.6 is 50.7 Å². The van der Waals surface area contributed by atoms with E-state index < -0.39 is 0 Å². The second kappa shape index (κ2) is 4.16. The molecule has 0 amide bonds. The number of hydrogen-bond donors (Lipinski definition) is 1. The standard InChI is InChI=1S/C9H6BrIN2S/c10-7-2-1-6(5-8(7)11)13-4-3-12-9(13)14/h1-5H,(H,12,14). The van der Waals surface area contributed by atoms with Gasteiger partial charge in [-0.15, -0.1) is 0 Å². The zero-order valence-electron chi connectivity index (χ0n) is 7.00. The third-order valence-corrected chi connectivity index (χ3v) is 4.47. The number of rotatable bonds is 1. The number of benzene rings is 1. The molecule has 0 aliphatic rings. The molecule has 0 spiro atoms. The van der Waals surface area contributed by atoms with E-state index in [-0.39, 0.29) is 0 Å². The maximum absolute atomic E-state index is 5.14. The predicted molar refractivity (Wildman–Crippen MR) is 71.4 cm³/mol. The van der Waals surface area contributed by atoms with E-state index in [2.05, 4.69) is 49.6 Å². The van der Waals surface area contributed by atoms with Gasteiger partial charge in [0.05, 0.1) is 0 Å². The fourth-order valence-corrected chi connectivity index (χ4v) is 2.14. The van der Waals surface area contributed by atoms with Gasteiger partial charge in [0.25, 0.3) is 0 Å². The van der Waals surface area contributed by atoms with Crippen LogP contribution in [-0.2, 0) is 0 Å². The first-order valence-corrected chi connectivity index (χ1v) is 6.18. The van der Waals surface area contributed by atoms with Crippen molar-refractivity contribution in [2.24, 2.45) is 0 Å². The molecule has 1 aromatic carbocycles. The van der Waals surface area contributed by atoms with E-state index in [0.717, 1.165) is 10.2 Å². The summed E-state index contributed by atoms with van der Waals surface area (Å²) >= 11 is 10.9. The van der Waals surface area contributed by atoms with Gasteiger partial charge >= 0.3 is 0 Å². The summed E-state index contributed by atoms with van der Waals surface area (Å²) in [7, 11) is 0. The molecule has 0 fully saturated rings. The van der Waals surface area contributed by atoms with Gasteiger partial charge in [-0.25, -0.2) is 0 Å². The molecule has 0 aliphatic carbocycles. The van der Waals surface area contributed by atoms with Gasteiger partial charge in [0.2, 0.25) is 0 Å². The van der Waals surface area contributed by atoms with E-state index in [4.69, 9.17) is 12.2 Å². The molecular formula is C9H6BrIN2S. The summed E-state index contributed by atoms with van der Waals surface area (Å²) in [6.07, 6.45) is 3.75. The van der Waals surface area contributed by atoms with Crippen molar-refractivity contribution in [3.05, 3.63) is 43.4 Å². The quantitative estimate of drug-likeness (QED) is 0.587. The highest BCUT2D eigenvalue weighted by Crippen LogP contribution is 2.22. The molecule has 2 aromatic rings. The zero-order valence-corrected chi connectivity index (χ0v) is 11.6. The Balaban J connectivity index is 2.59. The number of imidazole rings is 1. The first-order valence-electron chi connectivity index (χ1n) is 3.90. The Hall–Kier alpha value is -0.140. The topological polar surface area (TPSA) is 20.7 Å². The number of halogens is 2. The van der Waals surface area contributed by atoms with Crippen LogP contribution in [0.1, 0.15) is 0 Å². The van der Waals surface area contributed by atoms with Gasteiger partial charge in [0.15, 0.2) is 4.77 Å². The Morgan fingerprint density at radius 2 is 2.21 bits per heavy atom. The molecule has 5 heteroatoms. The fraction of sp³-hybridized carbons (Fsp3) is 0. The molecule has 1 heterocycles. The van der Waals surface area contributed by atoms with Gasteiger partial charge in [0, 0.05) is 26.1 Å². The molecule has 1 aromatic heterocycles. The number of aromatic nitrogens is 2. The molecule has 0 bridgehead atoms. The average Bonchev–Trinajstić information content (AvgIpc) is 2.57. The Bertz CT molecular complexity index is 518. The van der Waals surface area contributed by atoms with Crippen LogP contribution in [-0.4, -0.2) is 9.55 Å². The Labute approximate surface area is 109 Å². The van der Waals surface area contributed by atoms with Crippen LogP contribution in [0.4, 0.5) is 0 Å². The Morgan fingerprint density at radius 1 is 1.43 bits per heavy atom. The van der Waals surface area contributed by atoms with E-state index in [0.29, 0.717) is 4.77 Å². The second-order valence-electron chi connectivity index (χ2n) is 2.73. The third kappa shape index (κ3) is 1.94. The Kier molecular flexibility index (Phi) is 3.08. The maximum Gasteiger partial charge on any atom is 0.181 e. The average molecular weight is 381 g/mol. The first-order chi connectivity index (χ1) is 6.68. The van der Waals surface area contributed by atoms with Crippen molar-refractivity contribution in [1.29, 1.82) is 0 Å². The third-order valence-electron chi connectivity index (χ3n) is 1.83. The fourth-order valence-electron chi connectivity index (χ4n) is 1.16. The monoisotopic (exact) mass is 380 g/mol. The molecule has 14 heavy (non-hydrogen) atoms. The summed E-state index contributed by atoms with van der Waals surface area (Å²) in [5.41, 5.74) is 1.07. The van der Waals surface area contributed by atoms with Crippen molar-refractivity contribution in [1.82, 2.24) is 9.55 Å². The lowest BCUT2D eigenvalue weighted by molar-refractivity contribution is 1.03. The van der Waals surface area contributed by atoms with Gasteiger partial charge < -0.3 is 4.98 Å². The normalized spacial score (nSPS) is 10.4. The minimum absolute atomic E-state index is 0.711. The summed E-state index contributed by atoms with van der Waals surface area (Å²) in [6.45, 7) is 0. The van der Waals surface area contributed by atoms with Crippen molar-refractivity contribution in [2.75, 3.05) is 0 Å². The number of H-pyrrole nitrogens is 1. The van der Waals surface area contributed by atoms with Crippen molar-refractivity contribution >= 4 is 50.7 Å². The predicted octanol–water partition coefficient (Wildman–Crippen LogP) is 3.90. The second-order valence-corrected chi connectivity index (χ2v) is 5.14. The van der Waals surface area contributed by atoms with Gasteiger partial charge in [-0.05, 0) is 68.9 Å².